The van der Waals surface area contributed by atoms with Crippen molar-refractivity contribution in [3.8, 4) is 0 Å². The Morgan fingerprint density at radius 2 is 1.94 bits per heavy atom. The molecule has 2 aromatic carbocycles. The number of methoxy groups -OCH3 is 1. The minimum absolute atomic E-state index is 0.0869. The first kappa shape index (κ1) is 22.9. The molecule has 33 heavy (non-hydrogen) atoms. The van der Waals surface area contributed by atoms with Gasteiger partial charge in [0.25, 0.3) is 0 Å². The third-order valence-corrected chi connectivity index (χ3v) is 6.18. The second-order valence-electron chi connectivity index (χ2n) is 7.18. The number of amides is 2. The number of rotatable bonds is 9. The van der Waals surface area contributed by atoms with E-state index in [0.29, 0.717) is 29.4 Å². The molecule has 0 bridgehead atoms. The summed E-state index contributed by atoms with van der Waals surface area (Å²) in [4.78, 5) is 29.2. The molecule has 0 saturated carbocycles. The molecule has 0 saturated heterocycles. The van der Waals surface area contributed by atoms with E-state index in [2.05, 4.69) is 15.6 Å². The Hall–Kier alpha value is -3.27. The number of hydrogen-bond donors (Lipinski definition) is 1. The Kier molecular flexibility index (Phi) is 7.33. The van der Waals surface area contributed by atoms with Gasteiger partial charge in [0.2, 0.25) is 11.8 Å². The van der Waals surface area contributed by atoms with Crippen LogP contribution in [0.2, 0.25) is 5.02 Å². The second-order valence-corrected chi connectivity index (χ2v) is 8.59. The number of hydrogen-bond acceptors (Lipinski definition) is 6. The smallest absolute Gasteiger partial charge is 0.249 e. The SMILES string of the molecule is COCCNC(=O)[C@H](c1cccs1)N(C(=O)Cn1nnc2ccccc21)c1ccc(Cl)cc1. The number of nitrogens with zero attached hydrogens (tertiary/aromatic N) is 4. The standard InChI is InChI=1S/C23H22ClN5O3S/c1-32-13-12-25-23(31)22(20-7-4-14-33-20)29(17-10-8-16(24)9-11-17)21(30)15-28-19-6-3-2-5-18(19)26-27-28/h2-11,14,22H,12-13,15H2,1H3,(H,25,31)/t22-/m0/s1. The molecular weight excluding hydrogens is 462 g/mol. The van der Waals surface area contributed by atoms with Gasteiger partial charge in [-0.25, -0.2) is 4.68 Å². The summed E-state index contributed by atoms with van der Waals surface area (Å²) in [5.41, 5.74) is 1.98. The van der Waals surface area contributed by atoms with Crippen molar-refractivity contribution in [1.29, 1.82) is 0 Å². The number of ether oxygens (including phenoxy) is 1. The van der Waals surface area contributed by atoms with Gasteiger partial charge in [0, 0.05) is 29.2 Å². The molecule has 1 N–H and O–H groups in total. The molecule has 1 atom stereocenters. The number of para-hydroxylation sites is 1. The number of anilines is 1. The molecule has 0 aliphatic rings. The summed E-state index contributed by atoms with van der Waals surface area (Å²) in [6, 6.07) is 17.1. The largest absolute Gasteiger partial charge is 0.383 e. The maximum Gasteiger partial charge on any atom is 0.249 e. The molecule has 2 amide bonds. The maximum absolute atomic E-state index is 13.7. The average molecular weight is 484 g/mol. The zero-order valence-electron chi connectivity index (χ0n) is 17.8. The molecule has 4 aromatic rings. The van der Waals surface area contributed by atoms with E-state index in [1.807, 2.05) is 41.8 Å². The van der Waals surface area contributed by atoms with Crippen LogP contribution in [0.3, 0.4) is 0 Å². The predicted octanol–water partition coefficient (Wildman–Crippen LogP) is 3.68. The van der Waals surface area contributed by atoms with Crippen LogP contribution in [0.4, 0.5) is 5.69 Å². The number of nitrogens with one attached hydrogen (secondary N) is 1. The lowest BCUT2D eigenvalue weighted by Crippen LogP contribution is -2.45. The van der Waals surface area contributed by atoms with Gasteiger partial charge in [-0.3, -0.25) is 14.5 Å². The fourth-order valence-corrected chi connectivity index (χ4v) is 4.41. The lowest BCUT2D eigenvalue weighted by Gasteiger charge is -2.30. The molecule has 4 rings (SSSR count). The summed E-state index contributed by atoms with van der Waals surface area (Å²) in [5.74, 6) is -0.616. The molecule has 0 spiro atoms. The van der Waals surface area contributed by atoms with Crippen LogP contribution in [0, 0.1) is 0 Å². The van der Waals surface area contributed by atoms with E-state index >= 15 is 0 Å². The molecular formula is C23H22ClN5O3S. The monoisotopic (exact) mass is 483 g/mol. The van der Waals surface area contributed by atoms with Crippen molar-refractivity contribution in [3.05, 3.63) is 75.9 Å². The van der Waals surface area contributed by atoms with Gasteiger partial charge in [0.1, 0.15) is 18.1 Å². The van der Waals surface area contributed by atoms with Crippen molar-refractivity contribution in [2.75, 3.05) is 25.2 Å². The molecule has 0 aliphatic carbocycles. The molecule has 2 heterocycles. The van der Waals surface area contributed by atoms with Gasteiger partial charge in [0.05, 0.1) is 12.1 Å². The average Bonchev–Trinajstić information content (AvgIpc) is 3.49. The quantitative estimate of drug-likeness (QED) is 0.367. The van der Waals surface area contributed by atoms with Crippen molar-refractivity contribution in [1.82, 2.24) is 20.3 Å². The molecule has 0 radical (unpaired) electrons. The van der Waals surface area contributed by atoms with Gasteiger partial charge in [-0.15, -0.1) is 16.4 Å². The van der Waals surface area contributed by atoms with Crippen LogP contribution in [0.15, 0.2) is 66.0 Å². The topological polar surface area (TPSA) is 89.4 Å². The van der Waals surface area contributed by atoms with Crippen molar-refractivity contribution >= 4 is 51.5 Å². The van der Waals surface area contributed by atoms with Crippen molar-refractivity contribution < 1.29 is 14.3 Å². The summed E-state index contributed by atoms with van der Waals surface area (Å²) < 4.78 is 6.59. The number of aromatic nitrogens is 3. The molecule has 0 aliphatic heterocycles. The van der Waals surface area contributed by atoms with Crippen LogP contribution < -0.4 is 10.2 Å². The highest BCUT2D eigenvalue weighted by Gasteiger charge is 2.33. The first-order valence-electron chi connectivity index (χ1n) is 10.2. The number of carbonyl (C=O) groups is 2. The van der Waals surface area contributed by atoms with Crippen LogP contribution in [0.25, 0.3) is 11.0 Å². The van der Waals surface area contributed by atoms with E-state index in [1.165, 1.54) is 20.9 Å². The van der Waals surface area contributed by atoms with Crippen molar-refractivity contribution in [3.63, 3.8) is 0 Å². The fraction of sp³-hybridized carbons (Fsp3) is 0.217. The highest BCUT2D eigenvalue weighted by Crippen LogP contribution is 2.32. The minimum atomic E-state index is -0.870. The van der Waals surface area contributed by atoms with Crippen LogP contribution in [-0.2, 0) is 20.9 Å². The minimum Gasteiger partial charge on any atom is -0.383 e. The number of thiophene rings is 1. The zero-order chi connectivity index (χ0) is 23.2. The Labute approximate surface area is 199 Å². The third kappa shape index (κ3) is 5.22. The van der Waals surface area contributed by atoms with E-state index < -0.39 is 6.04 Å². The lowest BCUT2D eigenvalue weighted by molar-refractivity contribution is -0.127. The Balaban J connectivity index is 1.73. The number of benzene rings is 2. The number of fused-ring (bicyclic) bond motifs is 1. The summed E-state index contributed by atoms with van der Waals surface area (Å²) in [7, 11) is 1.56. The fourth-order valence-electron chi connectivity index (χ4n) is 3.47. The first-order valence-corrected chi connectivity index (χ1v) is 11.5. The molecule has 10 heteroatoms. The summed E-state index contributed by atoms with van der Waals surface area (Å²) in [5, 5.41) is 13.5. The van der Waals surface area contributed by atoms with Crippen LogP contribution in [-0.4, -0.2) is 47.1 Å². The normalized spacial score (nSPS) is 11.9. The molecule has 8 nitrogen and oxygen atoms in total. The maximum atomic E-state index is 13.7. The lowest BCUT2D eigenvalue weighted by atomic mass is 10.1. The van der Waals surface area contributed by atoms with Crippen LogP contribution >= 0.6 is 22.9 Å². The van der Waals surface area contributed by atoms with Crippen molar-refractivity contribution in [2.24, 2.45) is 0 Å². The van der Waals surface area contributed by atoms with E-state index in [-0.39, 0.29) is 18.4 Å². The Morgan fingerprint density at radius 3 is 2.67 bits per heavy atom. The highest BCUT2D eigenvalue weighted by atomic mass is 35.5. The van der Waals surface area contributed by atoms with E-state index in [1.54, 1.807) is 31.4 Å². The van der Waals surface area contributed by atoms with Gasteiger partial charge >= 0.3 is 0 Å². The molecule has 0 unspecified atom stereocenters. The molecule has 170 valence electrons. The first-order chi connectivity index (χ1) is 16.1. The zero-order valence-corrected chi connectivity index (χ0v) is 19.4. The Morgan fingerprint density at radius 1 is 1.15 bits per heavy atom. The second kappa shape index (κ2) is 10.6. The van der Waals surface area contributed by atoms with E-state index in [9.17, 15) is 9.59 Å². The van der Waals surface area contributed by atoms with Gasteiger partial charge in [-0.1, -0.05) is 35.0 Å². The predicted molar refractivity (Wildman–Crippen MR) is 128 cm³/mol. The van der Waals surface area contributed by atoms with Gasteiger partial charge in [-0.05, 0) is 47.8 Å². The summed E-state index contributed by atoms with van der Waals surface area (Å²) >= 11 is 7.49. The van der Waals surface area contributed by atoms with Crippen molar-refractivity contribution in [2.45, 2.75) is 12.6 Å². The number of halogens is 1. The highest BCUT2D eigenvalue weighted by molar-refractivity contribution is 7.10. The van der Waals surface area contributed by atoms with E-state index in [4.69, 9.17) is 16.3 Å². The van der Waals surface area contributed by atoms with Gasteiger partial charge in [0.15, 0.2) is 0 Å². The third-order valence-electron chi connectivity index (χ3n) is 5.00. The summed E-state index contributed by atoms with van der Waals surface area (Å²) in [6.07, 6.45) is 0. The Bertz CT molecular complexity index is 1230. The van der Waals surface area contributed by atoms with Gasteiger partial charge < -0.3 is 10.1 Å². The van der Waals surface area contributed by atoms with Gasteiger partial charge in [-0.2, -0.15) is 0 Å². The van der Waals surface area contributed by atoms with Crippen LogP contribution in [0.1, 0.15) is 10.9 Å². The number of carbonyl (C=O) groups excluding carboxylic acids is 2. The summed E-state index contributed by atoms with van der Waals surface area (Å²) in [6.45, 7) is 0.604. The van der Waals surface area contributed by atoms with Crippen LogP contribution in [0.5, 0.6) is 0 Å². The molecule has 0 fully saturated rings. The van der Waals surface area contributed by atoms with E-state index in [0.717, 1.165) is 10.4 Å². The molecule has 2 aromatic heterocycles.